The molecule has 170 valence electrons. The zero-order valence-corrected chi connectivity index (χ0v) is 19.2. The van der Waals surface area contributed by atoms with Gasteiger partial charge in [-0.05, 0) is 41.1 Å². The summed E-state index contributed by atoms with van der Waals surface area (Å²) in [7, 11) is 0. The summed E-state index contributed by atoms with van der Waals surface area (Å²) in [6.45, 7) is 0.446. The average molecular weight is 470 g/mol. The molecular weight excluding hydrogens is 446 g/mol. The highest BCUT2D eigenvalue weighted by Crippen LogP contribution is 2.47. The van der Waals surface area contributed by atoms with E-state index in [1.807, 2.05) is 66.0 Å². The lowest BCUT2D eigenvalue weighted by Crippen LogP contribution is -2.31. The van der Waals surface area contributed by atoms with Gasteiger partial charge in [-0.25, -0.2) is 0 Å². The molecule has 2 aromatic carbocycles. The molecule has 0 saturated carbocycles. The molecule has 6 rings (SSSR count). The van der Waals surface area contributed by atoms with Crippen LogP contribution in [0.1, 0.15) is 46.2 Å². The summed E-state index contributed by atoms with van der Waals surface area (Å²) >= 11 is 1.68. The van der Waals surface area contributed by atoms with E-state index in [2.05, 4.69) is 21.6 Å². The Morgan fingerprint density at radius 3 is 2.65 bits per heavy atom. The summed E-state index contributed by atoms with van der Waals surface area (Å²) in [5.74, 6) is 1.11. The number of ketones is 1. The number of hydrogen-bond acceptors (Lipinski definition) is 5. The zero-order chi connectivity index (χ0) is 23.1. The number of rotatable bonds is 5. The first-order valence-electron chi connectivity index (χ1n) is 11.3. The van der Waals surface area contributed by atoms with Crippen LogP contribution in [0.2, 0.25) is 0 Å². The van der Waals surface area contributed by atoms with Crippen molar-refractivity contribution < 1.29 is 9.53 Å². The van der Waals surface area contributed by atoms with Gasteiger partial charge in [0, 0.05) is 34.4 Å². The SMILES string of the molecule is O=C1C[C@@H](c2cccs2)CC2=C1[C@H](c1cccc(OCc3ccccc3)c1)c1c([nH][nH]c1=O)N2. The Labute approximate surface area is 200 Å². The summed E-state index contributed by atoms with van der Waals surface area (Å²) in [6.07, 6.45) is 1.17. The third-order valence-corrected chi connectivity index (χ3v) is 7.60. The number of aromatic nitrogens is 2. The number of thiophene rings is 1. The number of ether oxygens (including phenoxy) is 1. The smallest absolute Gasteiger partial charge is 0.270 e. The Morgan fingerprint density at radius 2 is 1.82 bits per heavy atom. The van der Waals surface area contributed by atoms with Gasteiger partial charge in [0.2, 0.25) is 0 Å². The van der Waals surface area contributed by atoms with Crippen molar-refractivity contribution in [1.82, 2.24) is 10.2 Å². The third-order valence-electron chi connectivity index (χ3n) is 6.56. The van der Waals surface area contributed by atoms with Gasteiger partial charge >= 0.3 is 0 Å². The van der Waals surface area contributed by atoms with Crippen molar-refractivity contribution in [2.45, 2.75) is 31.3 Å². The maximum Gasteiger partial charge on any atom is 0.270 e. The molecule has 1 aliphatic carbocycles. The van der Waals surface area contributed by atoms with Crippen LogP contribution in [0.25, 0.3) is 0 Å². The molecule has 0 amide bonds. The van der Waals surface area contributed by atoms with Gasteiger partial charge in [-0.2, -0.15) is 0 Å². The summed E-state index contributed by atoms with van der Waals surface area (Å²) < 4.78 is 6.04. The molecule has 3 N–H and O–H groups in total. The van der Waals surface area contributed by atoms with Crippen molar-refractivity contribution in [3.05, 3.63) is 115 Å². The molecule has 6 nitrogen and oxygen atoms in total. The van der Waals surface area contributed by atoms with E-state index in [1.165, 1.54) is 4.88 Å². The number of aromatic amines is 2. The predicted octanol–water partition coefficient (Wildman–Crippen LogP) is 5.30. The molecule has 1 aliphatic heterocycles. The van der Waals surface area contributed by atoms with Gasteiger partial charge in [0.05, 0.1) is 5.56 Å². The van der Waals surface area contributed by atoms with Gasteiger partial charge < -0.3 is 10.1 Å². The van der Waals surface area contributed by atoms with E-state index in [4.69, 9.17) is 4.74 Å². The van der Waals surface area contributed by atoms with Crippen LogP contribution in [0, 0.1) is 0 Å². The molecule has 0 bridgehead atoms. The zero-order valence-electron chi connectivity index (χ0n) is 18.3. The second kappa shape index (κ2) is 8.50. The van der Waals surface area contributed by atoms with Gasteiger partial charge in [0.15, 0.2) is 5.78 Å². The first kappa shape index (κ1) is 20.7. The van der Waals surface area contributed by atoms with Crippen molar-refractivity contribution in [3.8, 4) is 5.75 Å². The molecule has 2 atom stereocenters. The van der Waals surface area contributed by atoms with Crippen molar-refractivity contribution in [2.24, 2.45) is 0 Å². The highest BCUT2D eigenvalue weighted by Gasteiger charge is 2.40. The van der Waals surface area contributed by atoms with Gasteiger partial charge in [0.1, 0.15) is 18.2 Å². The molecule has 0 radical (unpaired) electrons. The summed E-state index contributed by atoms with van der Waals surface area (Å²) in [5.41, 5.74) is 3.84. The minimum Gasteiger partial charge on any atom is -0.489 e. The van der Waals surface area contributed by atoms with Crippen LogP contribution >= 0.6 is 11.3 Å². The Morgan fingerprint density at radius 1 is 0.941 bits per heavy atom. The van der Waals surface area contributed by atoms with Crippen molar-refractivity contribution in [2.75, 3.05) is 5.32 Å². The lowest BCUT2D eigenvalue weighted by atomic mass is 9.74. The topological polar surface area (TPSA) is 87.0 Å². The Bertz CT molecular complexity index is 1430. The van der Waals surface area contributed by atoms with Crippen LogP contribution in [0.15, 0.2) is 88.2 Å². The molecule has 2 aliphatic rings. The largest absolute Gasteiger partial charge is 0.489 e. The minimum absolute atomic E-state index is 0.0824. The van der Waals surface area contributed by atoms with Gasteiger partial charge in [-0.15, -0.1) is 11.3 Å². The predicted molar refractivity (Wildman–Crippen MR) is 132 cm³/mol. The van der Waals surface area contributed by atoms with E-state index in [9.17, 15) is 9.59 Å². The van der Waals surface area contributed by atoms with Crippen LogP contribution in [-0.4, -0.2) is 16.0 Å². The lowest BCUT2D eigenvalue weighted by molar-refractivity contribution is -0.116. The number of H-pyrrole nitrogens is 2. The standard InChI is InChI=1S/C27H23N3O3S/c31-21-14-18(22-10-5-11-34-22)13-20-24(21)23(25-26(28-20)29-30-27(25)32)17-8-4-9-19(12-17)33-15-16-6-2-1-3-7-16/h1-12,18,23H,13-15H2,(H3,28,29,30,32)/t18-,23-/m0/s1. The van der Waals surface area contributed by atoms with E-state index >= 15 is 0 Å². The van der Waals surface area contributed by atoms with Crippen molar-refractivity contribution in [3.63, 3.8) is 0 Å². The molecule has 34 heavy (non-hydrogen) atoms. The molecule has 2 aromatic heterocycles. The van der Waals surface area contributed by atoms with Crippen LogP contribution in [0.5, 0.6) is 5.75 Å². The summed E-state index contributed by atoms with van der Waals surface area (Å²) in [6, 6.07) is 21.8. The number of nitrogens with one attached hydrogen (secondary N) is 3. The molecule has 4 aromatic rings. The van der Waals surface area contributed by atoms with E-state index in [1.54, 1.807) is 11.3 Å². The first-order chi connectivity index (χ1) is 16.7. The number of Topliss-reactive ketones (excluding diaryl/α,β-unsaturated/α-hetero) is 1. The van der Waals surface area contributed by atoms with E-state index < -0.39 is 5.92 Å². The van der Waals surface area contributed by atoms with Crippen LogP contribution in [0.3, 0.4) is 0 Å². The highest BCUT2D eigenvalue weighted by molar-refractivity contribution is 7.10. The van der Waals surface area contributed by atoms with Crippen LogP contribution < -0.4 is 15.6 Å². The van der Waals surface area contributed by atoms with Crippen LogP contribution in [-0.2, 0) is 11.4 Å². The normalized spacial score (nSPS) is 19.4. The van der Waals surface area contributed by atoms with Gasteiger partial charge in [0.25, 0.3) is 5.56 Å². The highest BCUT2D eigenvalue weighted by atomic mass is 32.1. The monoisotopic (exact) mass is 469 g/mol. The maximum atomic E-state index is 13.5. The Kier molecular flexibility index (Phi) is 5.19. The second-order valence-electron chi connectivity index (χ2n) is 8.71. The minimum atomic E-state index is -0.446. The van der Waals surface area contributed by atoms with Crippen LogP contribution in [0.4, 0.5) is 5.82 Å². The fraction of sp³-hybridized carbons (Fsp3) is 0.185. The van der Waals surface area contributed by atoms with Gasteiger partial charge in [-0.3, -0.25) is 19.8 Å². The maximum absolute atomic E-state index is 13.5. The number of benzene rings is 2. The number of allylic oxidation sites excluding steroid dienone is 2. The van der Waals surface area contributed by atoms with Gasteiger partial charge in [-0.1, -0.05) is 48.5 Å². The summed E-state index contributed by atoms with van der Waals surface area (Å²) in [4.78, 5) is 27.5. The Hall–Kier alpha value is -3.84. The Balaban J connectivity index is 1.38. The molecule has 0 fully saturated rings. The lowest BCUT2D eigenvalue weighted by Gasteiger charge is -2.34. The number of fused-ring (bicyclic) bond motifs is 1. The quantitative estimate of drug-likeness (QED) is 0.370. The van der Waals surface area contributed by atoms with Crippen molar-refractivity contribution in [1.29, 1.82) is 0 Å². The fourth-order valence-corrected chi connectivity index (χ4v) is 5.83. The second-order valence-corrected chi connectivity index (χ2v) is 9.69. The molecule has 0 saturated heterocycles. The molecule has 7 heteroatoms. The van der Waals surface area contributed by atoms with E-state index in [0.29, 0.717) is 35.7 Å². The summed E-state index contributed by atoms with van der Waals surface area (Å²) in [5, 5.41) is 11.0. The number of anilines is 1. The molecule has 3 heterocycles. The molecular formula is C27H23N3O3S. The van der Waals surface area contributed by atoms with Crippen molar-refractivity contribution >= 4 is 22.9 Å². The van der Waals surface area contributed by atoms with E-state index in [-0.39, 0.29) is 17.3 Å². The molecule has 0 unspecified atom stereocenters. The molecule has 0 spiro atoms. The number of carbonyl (C=O) groups is 1. The average Bonchev–Trinajstić information content (AvgIpc) is 3.53. The first-order valence-corrected chi connectivity index (χ1v) is 12.2. The third kappa shape index (κ3) is 3.68. The fourth-order valence-electron chi connectivity index (χ4n) is 5.00. The van der Waals surface area contributed by atoms with E-state index in [0.717, 1.165) is 23.2 Å². The number of hydrogen-bond donors (Lipinski definition) is 3. The number of carbonyl (C=O) groups excluding carboxylic acids is 1.